The highest BCUT2D eigenvalue weighted by Gasteiger charge is 2.11. The fourth-order valence-electron chi connectivity index (χ4n) is 2.04. The van der Waals surface area contributed by atoms with Crippen molar-refractivity contribution in [3.8, 4) is 11.5 Å². The molecule has 0 aliphatic heterocycles. The smallest absolute Gasteiger partial charge is 0.337 e. The number of carbonyl (C=O) groups excluding carboxylic acids is 1. The van der Waals surface area contributed by atoms with E-state index < -0.39 is 0 Å². The highest BCUT2D eigenvalue weighted by molar-refractivity contribution is 5.90. The monoisotopic (exact) mass is 295 g/mol. The molecule has 0 aliphatic carbocycles. The summed E-state index contributed by atoms with van der Waals surface area (Å²) >= 11 is 0. The van der Waals surface area contributed by atoms with Crippen LogP contribution in [-0.4, -0.2) is 51.3 Å². The molecule has 0 unspecified atom stereocenters. The summed E-state index contributed by atoms with van der Waals surface area (Å²) in [5.41, 5.74) is 0.449. The third-order valence-corrected chi connectivity index (χ3v) is 3.36. The minimum absolute atomic E-state index is 0.388. The molecular weight excluding hydrogens is 270 g/mol. The van der Waals surface area contributed by atoms with Crippen molar-refractivity contribution in [1.29, 1.82) is 0 Å². The Morgan fingerprint density at radius 2 is 1.86 bits per heavy atom. The van der Waals surface area contributed by atoms with Crippen LogP contribution in [-0.2, 0) is 4.74 Å². The second-order valence-electron chi connectivity index (χ2n) is 4.59. The van der Waals surface area contributed by atoms with Gasteiger partial charge >= 0.3 is 5.97 Å². The van der Waals surface area contributed by atoms with Crippen molar-refractivity contribution in [1.82, 2.24) is 4.90 Å². The fraction of sp³-hybridized carbons (Fsp3) is 0.562. The Morgan fingerprint density at radius 1 is 1.14 bits per heavy atom. The van der Waals surface area contributed by atoms with Crippen LogP contribution in [0.3, 0.4) is 0 Å². The van der Waals surface area contributed by atoms with E-state index >= 15 is 0 Å². The van der Waals surface area contributed by atoms with E-state index in [2.05, 4.69) is 23.5 Å². The minimum Gasteiger partial charge on any atom is -0.493 e. The highest BCUT2D eigenvalue weighted by atomic mass is 16.5. The second-order valence-corrected chi connectivity index (χ2v) is 4.59. The Balaban J connectivity index is 2.57. The normalized spacial score (nSPS) is 10.5. The first-order valence-corrected chi connectivity index (χ1v) is 7.27. The molecule has 0 saturated carbocycles. The van der Waals surface area contributed by atoms with Crippen LogP contribution in [0.25, 0.3) is 0 Å². The van der Waals surface area contributed by atoms with E-state index in [1.807, 2.05) is 0 Å². The van der Waals surface area contributed by atoms with E-state index in [0.717, 1.165) is 26.1 Å². The lowest BCUT2D eigenvalue weighted by atomic mass is 10.2. The van der Waals surface area contributed by atoms with Crippen molar-refractivity contribution in [3.05, 3.63) is 23.8 Å². The molecule has 1 aromatic rings. The van der Waals surface area contributed by atoms with Crippen LogP contribution in [0.4, 0.5) is 0 Å². The Morgan fingerprint density at radius 3 is 2.43 bits per heavy atom. The molecule has 0 fully saturated rings. The molecule has 0 bridgehead atoms. The maximum absolute atomic E-state index is 11.5. The maximum Gasteiger partial charge on any atom is 0.337 e. The highest BCUT2D eigenvalue weighted by Crippen LogP contribution is 2.28. The van der Waals surface area contributed by atoms with Gasteiger partial charge in [0.25, 0.3) is 0 Å². The van der Waals surface area contributed by atoms with Crippen molar-refractivity contribution in [2.75, 3.05) is 40.5 Å². The summed E-state index contributed by atoms with van der Waals surface area (Å²) in [6.07, 6.45) is 0.948. The van der Waals surface area contributed by atoms with Crippen LogP contribution in [0.5, 0.6) is 11.5 Å². The molecule has 21 heavy (non-hydrogen) atoms. The van der Waals surface area contributed by atoms with Crippen molar-refractivity contribution in [3.63, 3.8) is 0 Å². The molecule has 0 aromatic heterocycles. The van der Waals surface area contributed by atoms with Gasteiger partial charge in [0.05, 0.1) is 26.4 Å². The van der Waals surface area contributed by atoms with E-state index in [0.29, 0.717) is 23.7 Å². The average molecular weight is 295 g/mol. The van der Waals surface area contributed by atoms with E-state index in [9.17, 15) is 4.79 Å². The molecule has 0 atom stereocenters. The quantitative estimate of drug-likeness (QED) is 0.517. The van der Waals surface area contributed by atoms with Crippen LogP contribution in [0.2, 0.25) is 0 Å². The zero-order chi connectivity index (χ0) is 15.7. The van der Waals surface area contributed by atoms with Gasteiger partial charge in [-0.1, -0.05) is 13.8 Å². The van der Waals surface area contributed by atoms with Crippen LogP contribution < -0.4 is 9.47 Å². The molecule has 118 valence electrons. The Kier molecular flexibility index (Phi) is 7.61. The number of ether oxygens (including phenoxy) is 3. The van der Waals surface area contributed by atoms with Crippen LogP contribution in [0.15, 0.2) is 18.2 Å². The first-order valence-electron chi connectivity index (χ1n) is 7.27. The number of rotatable bonds is 9. The number of esters is 1. The van der Waals surface area contributed by atoms with Gasteiger partial charge in [0.15, 0.2) is 11.5 Å². The molecule has 1 aromatic carbocycles. The molecule has 0 radical (unpaired) electrons. The maximum atomic E-state index is 11.5. The molecule has 0 N–H and O–H groups in total. The fourth-order valence-corrected chi connectivity index (χ4v) is 2.04. The largest absolute Gasteiger partial charge is 0.493 e. The lowest BCUT2D eigenvalue weighted by Gasteiger charge is -2.18. The number of benzene rings is 1. The minimum atomic E-state index is -0.388. The van der Waals surface area contributed by atoms with E-state index in [1.54, 1.807) is 25.3 Å². The van der Waals surface area contributed by atoms with Crippen LogP contribution in [0.1, 0.15) is 30.6 Å². The lowest BCUT2D eigenvalue weighted by molar-refractivity contribution is 0.0600. The summed E-state index contributed by atoms with van der Waals surface area (Å²) in [7, 11) is 2.91. The number of hydrogen-bond acceptors (Lipinski definition) is 5. The molecule has 0 saturated heterocycles. The van der Waals surface area contributed by atoms with E-state index in [4.69, 9.17) is 9.47 Å². The van der Waals surface area contributed by atoms with Crippen LogP contribution >= 0.6 is 0 Å². The van der Waals surface area contributed by atoms with Crippen LogP contribution in [0, 0.1) is 0 Å². The first-order chi connectivity index (χ1) is 10.2. The average Bonchev–Trinajstić information content (AvgIpc) is 2.54. The molecule has 0 spiro atoms. The Hall–Kier alpha value is -1.75. The number of nitrogens with zero attached hydrogens (tertiary/aromatic N) is 1. The van der Waals surface area contributed by atoms with Gasteiger partial charge in [0.2, 0.25) is 0 Å². The SMILES string of the molecule is CCN(CC)CCCOc1ccc(C(=O)OC)cc1OC. The number of carbonyl (C=O) groups is 1. The molecule has 1 rings (SSSR count). The van der Waals surface area contributed by atoms with Crippen molar-refractivity contribution < 1.29 is 19.0 Å². The summed E-state index contributed by atoms with van der Waals surface area (Å²) in [5.74, 6) is 0.798. The van der Waals surface area contributed by atoms with Gasteiger partial charge in [-0.3, -0.25) is 0 Å². The van der Waals surface area contributed by atoms with Gasteiger partial charge in [-0.2, -0.15) is 0 Å². The summed E-state index contributed by atoms with van der Waals surface area (Å²) in [5, 5.41) is 0. The van der Waals surface area contributed by atoms with Gasteiger partial charge < -0.3 is 19.1 Å². The summed E-state index contributed by atoms with van der Waals surface area (Å²) in [6, 6.07) is 5.04. The molecular formula is C16H25NO4. The van der Waals surface area contributed by atoms with E-state index in [-0.39, 0.29) is 5.97 Å². The Bertz CT molecular complexity index is 444. The van der Waals surface area contributed by atoms with Gasteiger partial charge in [-0.05, 0) is 37.7 Å². The van der Waals surface area contributed by atoms with Crippen molar-refractivity contribution in [2.24, 2.45) is 0 Å². The molecule has 5 nitrogen and oxygen atoms in total. The zero-order valence-corrected chi connectivity index (χ0v) is 13.3. The van der Waals surface area contributed by atoms with Gasteiger partial charge in [0.1, 0.15) is 0 Å². The summed E-state index contributed by atoms with van der Waals surface area (Å²) in [4.78, 5) is 13.8. The van der Waals surface area contributed by atoms with Crippen molar-refractivity contribution >= 4 is 5.97 Å². The number of methoxy groups -OCH3 is 2. The topological polar surface area (TPSA) is 48.0 Å². The van der Waals surface area contributed by atoms with E-state index in [1.165, 1.54) is 7.11 Å². The van der Waals surface area contributed by atoms with Gasteiger partial charge in [0, 0.05) is 6.54 Å². The predicted octanol–water partition coefficient (Wildman–Crippen LogP) is 2.59. The first kappa shape index (κ1) is 17.3. The van der Waals surface area contributed by atoms with Gasteiger partial charge in [-0.15, -0.1) is 0 Å². The molecule has 0 heterocycles. The standard InChI is InChI=1S/C16H25NO4/c1-5-17(6-2)10-7-11-21-14-9-8-13(16(18)20-4)12-15(14)19-3/h8-9,12H,5-7,10-11H2,1-4H3. The zero-order valence-electron chi connectivity index (χ0n) is 13.3. The molecule has 0 aliphatic rings. The summed E-state index contributed by atoms with van der Waals surface area (Å²) in [6.45, 7) is 8.03. The van der Waals surface area contributed by atoms with Crippen molar-refractivity contribution in [2.45, 2.75) is 20.3 Å². The lowest BCUT2D eigenvalue weighted by Crippen LogP contribution is -2.25. The Labute approximate surface area is 126 Å². The second kappa shape index (κ2) is 9.23. The molecule has 0 amide bonds. The summed E-state index contributed by atoms with van der Waals surface area (Å²) < 4.78 is 15.7. The predicted molar refractivity (Wildman–Crippen MR) is 82.2 cm³/mol. The third-order valence-electron chi connectivity index (χ3n) is 3.36. The molecule has 5 heteroatoms. The number of hydrogen-bond donors (Lipinski definition) is 0. The third kappa shape index (κ3) is 5.27. The van der Waals surface area contributed by atoms with Gasteiger partial charge in [-0.25, -0.2) is 4.79 Å².